The van der Waals surface area contributed by atoms with Crippen LogP contribution < -0.4 is 15.4 Å². The Kier molecular flexibility index (Phi) is 11.0. The zero-order valence-corrected chi connectivity index (χ0v) is 27.2. The molecule has 15 heteroatoms. The van der Waals surface area contributed by atoms with Gasteiger partial charge in [0.15, 0.2) is 6.61 Å². The highest BCUT2D eigenvalue weighted by Gasteiger charge is 2.37. The number of fused-ring (bicyclic) bond motifs is 1. The number of pyridine rings is 1. The number of piperazine rings is 1. The standard InChI is InChI=1S/C33H42N6O9/c1-3-47-33(46)38-16-14-37(15-17-38)32(45)23(11-12-28(41)42)36-30(43)24-18-26(29-20(2)6-4-7-22(29)35-24)48-19-27(40)39-13-5-8-25(39)31(44)34-21-9-10-21/h4,6-7,18,21,23,25H,3,5,8-17,19H2,1-2H3,(H,34,44)(H,36,43)(H,41,42). The summed E-state index contributed by atoms with van der Waals surface area (Å²) >= 11 is 0. The zero-order valence-electron chi connectivity index (χ0n) is 27.2. The molecule has 5 amide bonds. The van der Waals surface area contributed by atoms with Crippen molar-refractivity contribution in [2.45, 2.75) is 70.5 Å². The lowest BCUT2D eigenvalue weighted by molar-refractivity contribution is -0.140. The number of ether oxygens (including phenoxy) is 2. The van der Waals surface area contributed by atoms with Gasteiger partial charge in [-0.25, -0.2) is 9.78 Å². The first-order chi connectivity index (χ1) is 23.0. The quantitative estimate of drug-likeness (QED) is 0.299. The summed E-state index contributed by atoms with van der Waals surface area (Å²) in [5.74, 6) is -2.59. The highest BCUT2D eigenvalue weighted by molar-refractivity contribution is 6.00. The van der Waals surface area contributed by atoms with Gasteiger partial charge < -0.3 is 39.9 Å². The van der Waals surface area contributed by atoms with Gasteiger partial charge in [0, 0.05) is 56.6 Å². The van der Waals surface area contributed by atoms with Crippen LogP contribution in [0.3, 0.4) is 0 Å². The van der Waals surface area contributed by atoms with E-state index in [1.54, 1.807) is 19.1 Å². The normalized spacial score (nSPS) is 18.3. The first kappa shape index (κ1) is 34.4. The number of carboxylic acids is 1. The summed E-state index contributed by atoms with van der Waals surface area (Å²) in [4.78, 5) is 85.6. The van der Waals surface area contributed by atoms with Crippen LogP contribution in [0.25, 0.3) is 10.9 Å². The molecule has 0 radical (unpaired) electrons. The molecular formula is C33H42N6O9. The average Bonchev–Trinajstić information content (AvgIpc) is 3.75. The predicted octanol–water partition coefficient (Wildman–Crippen LogP) is 1.46. The summed E-state index contributed by atoms with van der Waals surface area (Å²) < 4.78 is 11.1. The monoisotopic (exact) mass is 666 g/mol. The van der Waals surface area contributed by atoms with Gasteiger partial charge in [0.1, 0.15) is 23.5 Å². The zero-order chi connectivity index (χ0) is 34.4. The minimum absolute atomic E-state index is 0.0846. The number of carbonyl (C=O) groups is 6. The fraction of sp³-hybridized carbons (Fsp3) is 0.545. The number of amides is 5. The highest BCUT2D eigenvalue weighted by Crippen LogP contribution is 2.29. The third kappa shape index (κ3) is 8.30. The maximum atomic E-state index is 13.6. The van der Waals surface area contributed by atoms with Gasteiger partial charge in [0.05, 0.1) is 12.1 Å². The maximum absolute atomic E-state index is 13.6. The van der Waals surface area contributed by atoms with Crippen molar-refractivity contribution >= 4 is 46.6 Å². The van der Waals surface area contributed by atoms with E-state index in [4.69, 9.17) is 9.47 Å². The number of aromatic nitrogens is 1. The van der Waals surface area contributed by atoms with Crippen LogP contribution >= 0.6 is 0 Å². The van der Waals surface area contributed by atoms with Crippen LogP contribution in [-0.2, 0) is 23.9 Å². The van der Waals surface area contributed by atoms with Crippen LogP contribution in [0.1, 0.15) is 61.5 Å². The largest absolute Gasteiger partial charge is 0.483 e. The molecule has 1 aliphatic carbocycles. The Bertz CT molecular complexity index is 1570. The van der Waals surface area contributed by atoms with Gasteiger partial charge in [0.25, 0.3) is 11.8 Å². The average molecular weight is 667 g/mol. The first-order valence-electron chi connectivity index (χ1n) is 16.4. The lowest BCUT2D eigenvalue weighted by Crippen LogP contribution is -2.56. The van der Waals surface area contributed by atoms with E-state index >= 15 is 0 Å². The molecule has 3 fully saturated rings. The first-order valence-corrected chi connectivity index (χ1v) is 16.4. The molecule has 15 nitrogen and oxygen atoms in total. The molecule has 1 saturated carbocycles. The summed E-state index contributed by atoms with van der Waals surface area (Å²) in [7, 11) is 0. The number of hydrogen-bond acceptors (Lipinski definition) is 9. The number of aliphatic carboxylic acids is 1. The van der Waals surface area contributed by atoms with Crippen LogP contribution in [0.5, 0.6) is 5.75 Å². The number of hydrogen-bond donors (Lipinski definition) is 3. The molecule has 1 aromatic carbocycles. The van der Waals surface area contributed by atoms with E-state index in [1.807, 2.05) is 13.0 Å². The molecule has 258 valence electrons. The Morgan fingerprint density at radius 1 is 1.02 bits per heavy atom. The number of carboxylic acid groups (broad SMARTS) is 1. The van der Waals surface area contributed by atoms with Crippen LogP contribution in [0, 0.1) is 6.92 Å². The molecule has 3 aliphatic rings. The molecule has 48 heavy (non-hydrogen) atoms. The number of likely N-dealkylation sites (tertiary alicyclic amines) is 1. The maximum Gasteiger partial charge on any atom is 0.409 e. The Morgan fingerprint density at radius 3 is 2.44 bits per heavy atom. The van der Waals surface area contributed by atoms with Gasteiger partial charge in [-0.2, -0.15) is 0 Å². The fourth-order valence-electron chi connectivity index (χ4n) is 6.04. The van der Waals surface area contributed by atoms with Gasteiger partial charge in [-0.3, -0.25) is 24.0 Å². The third-order valence-corrected chi connectivity index (χ3v) is 8.76. The summed E-state index contributed by atoms with van der Waals surface area (Å²) in [6.45, 7) is 4.71. The molecule has 5 rings (SSSR count). The number of aryl methyl sites for hydroxylation is 1. The summed E-state index contributed by atoms with van der Waals surface area (Å²) in [6, 6.07) is 5.18. The molecule has 0 bridgehead atoms. The van der Waals surface area contributed by atoms with Gasteiger partial charge in [-0.1, -0.05) is 12.1 Å². The second-order valence-corrected chi connectivity index (χ2v) is 12.3. The van der Waals surface area contributed by atoms with Crippen molar-refractivity contribution in [2.24, 2.45) is 0 Å². The molecular weight excluding hydrogens is 624 g/mol. The van der Waals surface area contributed by atoms with Crippen molar-refractivity contribution < 1.29 is 43.3 Å². The fourth-order valence-corrected chi connectivity index (χ4v) is 6.04. The number of nitrogens with one attached hydrogen (secondary N) is 2. The van der Waals surface area contributed by atoms with Crippen molar-refractivity contribution in [3.63, 3.8) is 0 Å². The van der Waals surface area contributed by atoms with E-state index in [9.17, 15) is 33.9 Å². The Balaban J connectivity index is 1.30. The lowest BCUT2D eigenvalue weighted by atomic mass is 10.1. The smallest absolute Gasteiger partial charge is 0.409 e. The van der Waals surface area contributed by atoms with Crippen LogP contribution in [0.15, 0.2) is 24.3 Å². The minimum Gasteiger partial charge on any atom is -0.483 e. The summed E-state index contributed by atoms with van der Waals surface area (Å²) in [5.41, 5.74) is 1.14. The van der Waals surface area contributed by atoms with Crippen LogP contribution in [0.4, 0.5) is 4.79 Å². The van der Waals surface area contributed by atoms with E-state index in [2.05, 4.69) is 15.6 Å². The Hall–Kier alpha value is -4.95. The molecule has 0 spiro atoms. The molecule has 2 saturated heterocycles. The van der Waals surface area contributed by atoms with E-state index in [1.165, 1.54) is 20.8 Å². The van der Waals surface area contributed by atoms with Gasteiger partial charge in [0.2, 0.25) is 11.8 Å². The van der Waals surface area contributed by atoms with Crippen molar-refractivity contribution in [3.05, 3.63) is 35.5 Å². The molecule has 2 aliphatic heterocycles. The van der Waals surface area contributed by atoms with Crippen molar-refractivity contribution in [1.29, 1.82) is 0 Å². The van der Waals surface area contributed by atoms with Crippen molar-refractivity contribution in [3.8, 4) is 5.75 Å². The highest BCUT2D eigenvalue weighted by atomic mass is 16.6. The SMILES string of the molecule is CCOC(=O)N1CCN(C(=O)C(CCC(=O)O)NC(=O)c2cc(OCC(=O)N3CCCC3C(=O)NC3CC3)c3c(C)cccc3n2)CC1. The molecule has 1 aromatic heterocycles. The van der Waals surface area contributed by atoms with Gasteiger partial charge in [-0.05, 0) is 57.6 Å². The van der Waals surface area contributed by atoms with E-state index < -0.39 is 36.0 Å². The Morgan fingerprint density at radius 2 is 1.75 bits per heavy atom. The van der Waals surface area contributed by atoms with E-state index in [0.29, 0.717) is 30.3 Å². The molecule has 2 aromatic rings. The Labute approximate surface area is 277 Å². The molecule has 3 heterocycles. The number of carbonyl (C=O) groups excluding carboxylic acids is 5. The topological polar surface area (TPSA) is 188 Å². The van der Waals surface area contributed by atoms with E-state index in [-0.39, 0.29) is 81.5 Å². The predicted molar refractivity (Wildman–Crippen MR) is 171 cm³/mol. The van der Waals surface area contributed by atoms with Crippen molar-refractivity contribution in [1.82, 2.24) is 30.3 Å². The van der Waals surface area contributed by atoms with E-state index in [0.717, 1.165) is 18.4 Å². The lowest BCUT2D eigenvalue weighted by Gasteiger charge is -2.35. The van der Waals surface area contributed by atoms with Gasteiger partial charge >= 0.3 is 12.1 Å². The molecule has 3 N–H and O–H groups in total. The number of nitrogens with zero attached hydrogens (tertiary/aromatic N) is 4. The second-order valence-electron chi connectivity index (χ2n) is 12.3. The third-order valence-electron chi connectivity index (χ3n) is 8.76. The van der Waals surface area contributed by atoms with Crippen molar-refractivity contribution in [2.75, 3.05) is 45.9 Å². The summed E-state index contributed by atoms with van der Waals surface area (Å²) in [5, 5.41) is 15.6. The second kappa shape index (κ2) is 15.3. The number of benzene rings is 1. The molecule has 2 unspecified atom stereocenters. The van der Waals surface area contributed by atoms with Gasteiger partial charge in [-0.15, -0.1) is 0 Å². The molecule has 2 atom stereocenters. The summed E-state index contributed by atoms with van der Waals surface area (Å²) in [6.07, 6.45) is 2.18. The van der Waals surface area contributed by atoms with Crippen LogP contribution in [0.2, 0.25) is 0 Å². The minimum atomic E-state index is -1.17. The number of rotatable bonds is 12. The van der Waals surface area contributed by atoms with Crippen LogP contribution in [-0.4, -0.2) is 125 Å².